The molecule has 2 atom stereocenters. The van der Waals surface area contributed by atoms with E-state index in [0.717, 1.165) is 75.0 Å². The third-order valence-electron chi connectivity index (χ3n) is 13.7. The van der Waals surface area contributed by atoms with Crippen molar-refractivity contribution in [1.29, 1.82) is 0 Å². The molecule has 3 aromatic heterocycles. The monoisotopic (exact) mass is 1000 g/mol. The van der Waals surface area contributed by atoms with Gasteiger partial charge in [-0.1, -0.05) is 36.0 Å². The lowest BCUT2D eigenvalue weighted by Crippen LogP contribution is -2.50. The van der Waals surface area contributed by atoms with Crippen LogP contribution in [0.15, 0.2) is 67.1 Å². The molecule has 0 spiro atoms. The van der Waals surface area contributed by atoms with Crippen molar-refractivity contribution in [3.8, 4) is 23.7 Å². The van der Waals surface area contributed by atoms with Crippen molar-refractivity contribution in [3.05, 3.63) is 112 Å². The summed E-state index contributed by atoms with van der Waals surface area (Å²) in [6.45, 7) is 7.44. The molecule has 4 amide bonds. The van der Waals surface area contributed by atoms with Gasteiger partial charge >= 0.3 is 12.1 Å². The number of hydrogen-bond donors (Lipinski definition) is 5. The minimum absolute atomic E-state index is 0.0180. The minimum atomic E-state index is -3.84. The number of hydroxylamine groups is 2. The summed E-state index contributed by atoms with van der Waals surface area (Å²) in [4.78, 5) is 59.2. The summed E-state index contributed by atoms with van der Waals surface area (Å²) < 4.78 is 53.1. The molecule has 5 N–H and O–H groups in total. The number of aliphatic hydroxyl groups is 1. The highest BCUT2D eigenvalue weighted by Crippen LogP contribution is 2.47. The molecule has 20 nitrogen and oxygen atoms in total. The first kappa shape index (κ1) is 51.5. The van der Waals surface area contributed by atoms with Crippen molar-refractivity contribution in [1.82, 2.24) is 39.8 Å². The van der Waals surface area contributed by atoms with Crippen molar-refractivity contribution in [3.63, 3.8) is 0 Å². The summed E-state index contributed by atoms with van der Waals surface area (Å²) in [5.41, 5.74) is 9.15. The molecule has 8 rings (SSSR count). The van der Waals surface area contributed by atoms with E-state index in [-0.39, 0.29) is 63.1 Å². The molecule has 1 saturated carbocycles. The number of amides is 4. The Morgan fingerprint density at radius 3 is 1.64 bits per heavy atom. The molecule has 1 saturated heterocycles. The van der Waals surface area contributed by atoms with Gasteiger partial charge in [-0.25, -0.2) is 42.4 Å². The second kappa shape index (κ2) is 20.5. The van der Waals surface area contributed by atoms with Gasteiger partial charge in [0.05, 0.1) is 32.9 Å². The average Bonchev–Trinajstić information content (AvgIpc) is 3.55. The number of aromatic nitrogens is 3. The largest absolute Gasteiger partial charge is 0.395 e. The Hall–Kier alpha value is -6.37. The molecule has 0 radical (unpaired) electrons. The first-order valence-electron chi connectivity index (χ1n) is 22.4. The van der Waals surface area contributed by atoms with E-state index in [0.29, 0.717) is 22.5 Å². The first-order chi connectivity index (χ1) is 33.1. The van der Waals surface area contributed by atoms with Gasteiger partial charge in [0.15, 0.2) is 29.2 Å². The van der Waals surface area contributed by atoms with Crippen LogP contribution < -0.4 is 11.0 Å². The molecule has 1 aromatic carbocycles. The Labute approximate surface area is 406 Å². The van der Waals surface area contributed by atoms with Crippen molar-refractivity contribution in [2.24, 2.45) is 0 Å². The standard InChI is InChI=1S/C25H30N4O6S.C23H26N4O6S/c1-25(23(30)26-32,36(2,33)34)9-10-28-18-22-15-21(17-29(22)24(28)31)8-5-19-3-6-20(7-4-19)16-27-11-13-35-14-12-27;1-22(20(29)25-31,34(2,32)33)9-10-26-14-19-11-16(13-27(19)21(26)30)3-5-18-6-4-17(12-24-18)23(15-28)7-8-23/h3-4,6-7,15,17,32H,9-14,16,18H2,1-2H3,(H,26,30);4,6,11-13,28,31H,7-10,14-15H2,1-2H3,(H,25,29)/t25-;22-/m11/s1. The third-order valence-corrected chi connectivity index (χ3v) is 17.7. The summed E-state index contributed by atoms with van der Waals surface area (Å²) >= 11 is 0. The molecule has 22 heteroatoms. The number of nitrogens with zero attached hydrogens (tertiary/aromatic N) is 6. The highest BCUT2D eigenvalue weighted by atomic mass is 32.2. The smallest absolute Gasteiger partial charge is 0.328 e. The second-order valence-electron chi connectivity index (χ2n) is 18.4. The molecule has 6 heterocycles. The van der Waals surface area contributed by atoms with Crippen molar-refractivity contribution < 1.29 is 56.3 Å². The number of rotatable bonds is 14. The van der Waals surface area contributed by atoms with Crippen molar-refractivity contribution >= 4 is 43.6 Å². The maximum atomic E-state index is 12.8. The Morgan fingerprint density at radius 1 is 0.743 bits per heavy atom. The quantitative estimate of drug-likeness (QED) is 0.0688. The van der Waals surface area contributed by atoms with E-state index in [4.69, 9.17) is 15.2 Å². The third kappa shape index (κ3) is 11.0. The zero-order chi connectivity index (χ0) is 50.6. The minimum Gasteiger partial charge on any atom is -0.395 e. The summed E-state index contributed by atoms with van der Waals surface area (Å²) in [5, 5.41) is 27.4. The molecule has 3 aliphatic heterocycles. The van der Waals surface area contributed by atoms with Gasteiger partial charge in [0, 0.05) is 97.3 Å². The molecule has 4 aromatic rings. The second-order valence-corrected chi connectivity index (χ2v) is 23.3. The number of fused-ring (bicyclic) bond motifs is 2. The van der Waals surface area contributed by atoms with Crippen LogP contribution in [0.1, 0.15) is 84.4 Å². The number of pyridine rings is 1. The number of sulfone groups is 2. The lowest BCUT2D eigenvalue weighted by atomic mass is 9.99. The number of carbonyl (C=O) groups excluding carboxylic acids is 4. The Morgan fingerprint density at radius 2 is 1.23 bits per heavy atom. The van der Waals surface area contributed by atoms with Crippen LogP contribution in [0.5, 0.6) is 0 Å². The molecule has 1 aliphatic carbocycles. The lowest BCUT2D eigenvalue weighted by molar-refractivity contribution is -0.132. The van der Waals surface area contributed by atoms with E-state index < -0.39 is 41.0 Å². The Bertz CT molecular complexity index is 3010. The van der Waals surface area contributed by atoms with Gasteiger partial charge < -0.3 is 19.6 Å². The van der Waals surface area contributed by atoms with E-state index in [2.05, 4.69) is 45.7 Å². The Kier molecular flexibility index (Phi) is 15.1. The summed E-state index contributed by atoms with van der Waals surface area (Å²) in [5.74, 6) is 10.1. The zero-order valence-corrected chi connectivity index (χ0v) is 40.9. The molecule has 0 bridgehead atoms. The number of nitrogens with one attached hydrogen (secondary N) is 2. The van der Waals surface area contributed by atoms with Crippen LogP contribution in [-0.4, -0.2) is 153 Å². The van der Waals surface area contributed by atoms with Gasteiger partial charge in [0.1, 0.15) is 5.69 Å². The summed E-state index contributed by atoms with van der Waals surface area (Å²) in [6, 6.07) is 14.8. The van der Waals surface area contributed by atoms with E-state index in [1.165, 1.54) is 49.3 Å². The topological polar surface area (TPSA) is 263 Å². The Balaban J connectivity index is 0.000000207. The highest BCUT2D eigenvalue weighted by molar-refractivity contribution is 7.93. The van der Waals surface area contributed by atoms with Gasteiger partial charge in [-0.2, -0.15) is 0 Å². The van der Waals surface area contributed by atoms with Gasteiger partial charge in [0.2, 0.25) is 0 Å². The summed E-state index contributed by atoms with van der Waals surface area (Å²) in [6.07, 6.45) is 8.47. The van der Waals surface area contributed by atoms with E-state index >= 15 is 0 Å². The summed E-state index contributed by atoms with van der Waals surface area (Å²) in [7, 11) is -7.67. The number of aliphatic hydroxyl groups excluding tert-OH is 1. The van der Waals surface area contributed by atoms with Crippen LogP contribution in [-0.2, 0) is 59.0 Å². The number of benzene rings is 1. The molecular weight excluding hydrogens is 945 g/mol. The number of carbonyl (C=O) groups is 4. The SMILES string of the molecule is C[C@@](CCN1Cc2cc(C#Cc3ccc(C4(CO)CC4)cn3)cn2C1=O)(C(=O)NO)S(C)(=O)=O.C[C@@](CCN1Cc2cc(C#Cc3ccc(CN4CCOCC4)cc3)cn2C1=O)(C(=O)NO)S(C)(=O)=O. The van der Waals surface area contributed by atoms with Crippen LogP contribution in [0.3, 0.4) is 0 Å². The maximum absolute atomic E-state index is 12.8. The normalized spacial score (nSPS) is 17.9. The molecule has 2 fully saturated rings. The number of morpholine rings is 1. The van der Waals surface area contributed by atoms with Crippen LogP contribution in [0.25, 0.3) is 0 Å². The predicted octanol–water partition coefficient (Wildman–Crippen LogP) is 1.99. The molecule has 4 aliphatic rings. The first-order valence-corrected chi connectivity index (χ1v) is 26.2. The average molecular weight is 1000 g/mol. The maximum Gasteiger partial charge on any atom is 0.328 e. The molecule has 372 valence electrons. The van der Waals surface area contributed by atoms with Gasteiger partial charge in [0.25, 0.3) is 11.8 Å². The molecule has 0 unspecified atom stereocenters. The zero-order valence-electron chi connectivity index (χ0n) is 39.3. The fourth-order valence-corrected chi connectivity index (χ4v) is 9.95. The fourth-order valence-electron chi connectivity index (χ4n) is 8.26. The van der Waals surface area contributed by atoms with Gasteiger partial charge in [-0.3, -0.25) is 34.0 Å². The fraction of sp³-hybridized carbons (Fsp3) is 0.438. The van der Waals surface area contributed by atoms with Crippen LogP contribution in [0, 0.1) is 23.7 Å². The lowest BCUT2D eigenvalue weighted by Gasteiger charge is -2.27. The molecule has 70 heavy (non-hydrogen) atoms. The predicted molar refractivity (Wildman–Crippen MR) is 254 cm³/mol. The highest BCUT2D eigenvalue weighted by Gasteiger charge is 2.46. The van der Waals surface area contributed by atoms with E-state index in [9.17, 15) is 41.1 Å². The number of hydrogen-bond acceptors (Lipinski definition) is 14. The van der Waals surface area contributed by atoms with Crippen molar-refractivity contribution in [2.45, 2.75) is 74.1 Å². The number of ether oxygens (including phenoxy) is 1. The van der Waals surface area contributed by atoms with Gasteiger partial charge in [-0.05, 0) is 86.9 Å². The van der Waals surface area contributed by atoms with Crippen molar-refractivity contribution in [2.75, 3.05) is 58.5 Å². The van der Waals surface area contributed by atoms with Crippen LogP contribution >= 0.6 is 0 Å². The van der Waals surface area contributed by atoms with E-state index in [1.54, 1.807) is 24.7 Å². The van der Waals surface area contributed by atoms with Crippen LogP contribution in [0.4, 0.5) is 9.59 Å². The molecular formula is C48H56N8O12S2. The van der Waals surface area contributed by atoms with Gasteiger partial charge in [-0.15, -0.1) is 0 Å². The van der Waals surface area contributed by atoms with Crippen LogP contribution in [0.2, 0.25) is 0 Å². The van der Waals surface area contributed by atoms with E-state index in [1.807, 2.05) is 30.3 Å².